The first-order chi connectivity index (χ1) is 6.84. The molecule has 0 amide bonds. The van der Waals surface area contributed by atoms with E-state index in [9.17, 15) is 4.79 Å². The lowest BCUT2D eigenvalue weighted by Gasteiger charge is -2.02. The number of carbonyl (C=O) groups excluding carboxylic acids is 1. The number of aromatic nitrogens is 2. The lowest BCUT2D eigenvalue weighted by atomic mass is 10.0. The highest BCUT2D eigenvalue weighted by atomic mass is 16.1. The van der Waals surface area contributed by atoms with Crippen LogP contribution in [0.1, 0.15) is 5.69 Å². The third-order valence-electron chi connectivity index (χ3n) is 2.16. The lowest BCUT2D eigenvalue weighted by Crippen LogP contribution is -2.03. The zero-order valence-electron chi connectivity index (χ0n) is 7.14. The Morgan fingerprint density at radius 3 is 3.07 bits per heavy atom. The Balaban J connectivity index is 2.27. The van der Waals surface area contributed by atoms with Crippen molar-refractivity contribution in [2.75, 3.05) is 0 Å². The van der Waals surface area contributed by atoms with Crippen molar-refractivity contribution in [2.45, 2.75) is 0 Å². The van der Waals surface area contributed by atoms with Crippen molar-refractivity contribution < 1.29 is 4.79 Å². The standard InChI is InChI=1S/C10H5N3O/c14-6-1-2-8-7(3-6)10-9(13-8)4-11-5-12-10/h1-5H. The smallest absolute Gasteiger partial charge is 0.179 e. The molecule has 66 valence electrons. The summed E-state index contributed by atoms with van der Waals surface area (Å²) in [6.07, 6.45) is 7.87. The van der Waals surface area contributed by atoms with Gasteiger partial charge in [0.1, 0.15) is 17.7 Å². The van der Waals surface area contributed by atoms with E-state index in [1.165, 1.54) is 12.4 Å². The van der Waals surface area contributed by atoms with Gasteiger partial charge in [-0.25, -0.2) is 15.0 Å². The van der Waals surface area contributed by atoms with Gasteiger partial charge in [0, 0.05) is 5.57 Å². The topological polar surface area (TPSA) is 55.2 Å². The van der Waals surface area contributed by atoms with Crippen LogP contribution < -0.4 is 0 Å². The summed E-state index contributed by atoms with van der Waals surface area (Å²) in [5, 5.41) is 0. The molecule has 2 aliphatic rings. The molecule has 4 heteroatoms. The first-order valence-electron chi connectivity index (χ1n) is 4.18. The number of hydrogen-bond donors (Lipinski definition) is 0. The fourth-order valence-corrected chi connectivity index (χ4v) is 1.54. The van der Waals surface area contributed by atoms with Crippen molar-refractivity contribution in [1.82, 2.24) is 9.97 Å². The molecule has 0 atom stereocenters. The second-order valence-electron chi connectivity index (χ2n) is 3.05. The van der Waals surface area contributed by atoms with E-state index in [1.54, 1.807) is 18.3 Å². The second kappa shape index (κ2) is 2.45. The number of fused-ring (bicyclic) bond motifs is 3. The van der Waals surface area contributed by atoms with Crippen molar-refractivity contribution >= 4 is 22.8 Å². The van der Waals surface area contributed by atoms with Crippen LogP contribution in [0.4, 0.5) is 5.69 Å². The molecule has 4 nitrogen and oxygen atoms in total. The zero-order valence-corrected chi connectivity index (χ0v) is 7.14. The Kier molecular flexibility index (Phi) is 1.28. The molecular weight excluding hydrogens is 178 g/mol. The number of ketones is 1. The van der Waals surface area contributed by atoms with Gasteiger partial charge in [-0.2, -0.15) is 0 Å². The minimum atomic E-state index is -0.0228. The molecule has 0 aromatic carbocycles. The Morgan fingerprint density at radius 2 is 2.14 bits per heavy atom. The van der Waals surface area contributed by atoms with E-state index in [4.69, 9.17) is 0 Å². The average molecular weight is 183 g/mol. The highest BCUT2D eigenvalue weighted by molar-refractivity contribution is 6.39. The van der Waals surface area contributed by atoms with Crippen molar-refractivity contribution in [3.63, 3.8) is 0 Å². The third kappa shape index (κ3) is 0.877. The van der Waals surface area contributed by atoms with Crippen LogP contribution in [-0.4, -0.2) is 21.5 Å². The van der Waals surface area contributed by atoms with Gasteiger partial charge in [0.2, 0.25) is 0 Å². The van der Waals surface area contributed by atoms with Gasteiger partial charge < -0.3 is 0 Å². The fourth-order valence-electron chi connectivity index (χ4n) is 1.54. The average Bonchev–Trinajstić information content (AvgIpc) is 2.56. The van der Waals surface area contributed by atoms with Crippen LogP contribution in [-0.2, 0) is 4.79 Å². The van der Waals surface area contributed by atoms with Crippen molar-refractivity contribution in [1.29, 1.82) is 0 Å². The second-order valence-corrected chi connectivity index (χ2v) is 3.05. The highest BCUT2D eigenvalue weighted by Gasteiger charge is 2.23. The quantitative estimate of drug-likeness (QED) is 0.565. The molecule has 2 heterocycles. The van der Waals surface area contributed by atoms with E-state index in [0.717, 1.165) is 22.7 Å². The van der Waals surface area contributed by atoms with Gasteiger partial charge in [-0.15, -0.1) is 0 Å². The van der Waals surface area contributed by atoms with E-state index in [-0.39, 0.29) is 5.78 Å². The number of nitrogens with zero attached hydrogens (tertiary/aromatic N) is 3. The fraction of sp³-hybridized carbons (Fsp3) is 0. The maximum absolute atomic E-state index is 11.2. The number of aliphatic imine (C=N–C) groups is 1. The van der Waals surface area contributed by atoms with Gasteiger partial charge in [-0.1, -0.05) is 0 Å². The molecule has 0 fully saturated rings. The predicted octanol–water partition coefficient (Wildman–Crippen LogP) is 1.08. The summed E-state index contributed by atoms with van der Waals surface area (Å²) in [6, 6.07) is 0. The number of rotatable bonds is 0. The molecule has 0 unspecified atom stereocenters. The minimum absolute atomic E-state index is 0.0228. The van der Waals surface area contributed by atoms with Gasteiger partial charge in [-0.3, -0.25) is 4.79 Å². The highest BCUT2D eigenvalue weighted by Crippen LogP contribution is 2.33. The van der Waals surface area contributed by atoms with Gasteiger partial charge >= 0.3 is 0 Å². The van der Waals surface area contributed by atoms with Crippen molar-refractivity contribution in [3.8, 4) is 0 Å². The van der Waals surface area contributed by atoms with E-state index in [0.29, 0.717) is 0 Å². The summed E-state index contributed by atoms with van der Waals surface area (Å²) >= 11 is 0. The number of allylic oxidation sites excluding steroid dienone is 4. The molecule has 14 heavy (non-hydrogen) atoms. The Labute approximate surface area is 79.7 Å². The first-order valence-corrected chi connectivity index (χ1v) is 4.18. The lowest BCUT2D eigenvalue weighted by molar-refractivity contribution is -0.110. The van der Waals surface area contributed by atoms with Crippen LogP contribution in [0.3, 0.4) is 0 Å². The minimum Gasteiger partial charge on any atom is -0.290 e. The predicted molar refractivity (Wildman–Crippen MR) is 51.3 cm³/mol. The summed E-state index contributed by atoms with van der Waals surface area (Å²) in [5.74, 6) is -0.0228. The van der Waals surface area contributed by atoms with Crippen LogP contribution in [0.15, 0.2) is 35.7 Å². The first kappa shape index (κ1) is 7.32. The van der Waals surface area contributed by atoms with E-state index < -0.39 is 0 Å². The summed E-state index contributed by atoms with van der Waals surface area (Å²) in [7, 11) is 0. The summed E-state index contributed by atoms with van der Waals surface area (Å²) in [4.78, 5) is 23.4. The molecule has 3 rings (SSSR count). The maximum atomic E-state index is 11.2. The molecule has 1 aromatic heterocycles. The summed E-state index contributed by atoms with van der Waals surface area (Å²) in [5.41, 5.74) is 3.07. The Bertz CT molecular complexity index is 526. The van der Waals surface area contributed by atoms with Crippen molar-refractivity contribution in [3.05, 3.63) is 36.4 Å². The molecule has 0 radical (unpaired) electrons. The van der Waals surface area contributed by atoms with E-state index in [2.05, 4.69) is 15.0 Å². The normalized spacial score (nSPS) is 17.3. The monoisotopic (exact) mass is 183 g/mol. The number of carbonyl (C=O) groups is 1. The maximum Gasteiger partial charge on any atom is 0.179 e. The zero-order chi connectivity index (χ0) is 9.54. The van der Waals surface area contributed by atoms with Crippen LogP contribution in [0.2, 0.25) is 0 Å². The molecule has 0 N–H and O–H groups in total. The molecule has 0 bridgehead atoms. The van der Waals surface area contributed by atoms with Crippen LogP contribution in [0, 0.1) is 0 Å². The van der Waals surface area contributed by atoms with Gasteiger partial charge in [0.25, 0.3) is 0 Å². The Morgan fingerprint density at radius 1 is 1.21 bits per heavy atom. The van der Waals surface area contributed by atoms with Gasteiger partial charge in [0.15, 0.2) is 5.78 Å². The van der Waals surface area contributed by atoms with Gasteiger partial charge in [-0.05, 0) is 18.2 Å². The van der Waals surface area contributed by atoms with Crippen LogP contribution in [0.25, 0.3) is 5.57 Å². The van der Waals surface area contributed by atoms with E-state index in [1.807, 2.05) is 0 Å². The van der Waals surface area contributed by atoms with Crippen molar-refractivity contribution in [2.24, 2.45) is 4.99 Å². The molecule has 0 saturated heterocycles. The molecular formula is C10H5N3O. The molecule has 1 aliphatic heterocycles. The van der Waals surface area contributed by atoms with E-state index >= 15 is 0 Å². The Hall–Kier alpha value is -2.10. The number of hydrogen-bond acceptors (Lipinski definition) is 4. The largest absolute Gasteiger partial charge is 0.290 e. The summed E-state index contributed by atoms with van der Waals surface area (Å²) in [6.45, 7) is 0. The summed E-state index contributed by atoms with van der Waals surface area (Å²) < 4.78 is 0. The molecule has 0 saturated carbocycles. The van der Waals surface area contributed by atoms with Crippen LogP contribution in [0.5, 0.6) is 0 Å². The SMILES string of the molecule is O=C1C=CC2=Nc3cncnc3C2=C1. The van der Waals surface area contributed by atoms with Crippen LogP contribution >= 0.6 is 0 Å². The molecule has 1 aromatic rings. The third-order valence-corrected chi connectivity index (χ3v) is 2.16. The molecule has 1 aliphatic carbocycles. The van der Waals surface area contributed by atoms with Gasteiger partial charge in [0.05, 0.1) is 11.9 Å². The molecule has 0 spiro atoms.